The van der Waals surface area contributed by atoms with Gasteiger partial charge in [-0.2, -0.15) is 0 Å². The molecule has 0 aliphatic rings. The first-order valence-electron chi connectivity index (χ1n) is 3.30. The van der Waals surface area contributed by atoms with Crippen molar-refractivity contribution in [2.75, 3.05) is 5.88 Å². The van der Waals surface area contributed by atoms with Gasteiger partial charge in [-0.05, 0) is 26.8 Å². The molecule has 0 radical (unpaired) electrons. The van der Waals surface area contributed by atoms with Crippen LogP contribution in [0.3, 0.4) is 0 Å². The van der Waals surface area contributed by atoms with E-state index in [0.717, 1.165) is 0 Å². The molecule has 0 aromatic rings. The molecule has 0 saturated heterocycles. The number of rotatable bonds is 1. The van der Waals surface area contributed by atoms with Gasteiger partial charge in [-0.25, -0.2) is 0 Å². The maximum atomic E-state index is 5.40. The molecule has 0 aromatic carbocycles. The van der Waals surface area contributed by atoms with Crippen molar-refractivity contribution in [3.05, 3.63) is 12.2 Å². The molecule has 0 atom stereocenters. The van der Waals surface area contributed by atoms with Crippen LogP contribution in [0, 0.1) is 17.3 Å². The Morgan fingerprint density at radius 2 is 2.00 bits per heavy atom. The molecule has 0 aliphatic heterocycles. The Morgan fingerprint density at radius 1 is 1.40 bits per heavy atom. The number of halogens is 1. The van der Waals surface area contributed by atoms with Crippen LogP contribution in [0.25, 0.3) is 0 Å². The summed E-state index contributed by atoms with van der Waals surface area (Å²) in [6.45, 7) is 6.23. The molecular weight excluding hydrogens is 144 g/mol. The van der Waals surface area contributed by atoms with E-state index in [9.17, 15) is 0 Å². The standard InChI is InChI=1S/C9H13Cl/c1-9(2,3)7-5-4-6-8-10/h4,6H,8H2,1-3H3/b6-4-. The minimum Gasteiger partial charge on any atom is -0.122 e. The molecule has 0 saturated carbocycles. The summed E-state index contributed by atoms with van der Waals surface area (Å²) in [5.74, 6) is 6.51. The summed E-state index contributed by atoms with van der Waals surface area (Å²) in [5.41, 5.74) is 0.0939. The molecule has 10 heavy (non-hydrogen) atoms. The van der Waals surface area contributed by atoms with Crippen molar-refractivity contribution in [2.45, 2.75) is 20.8 Å². The van der Waals surface area contributed by atoms with Gasteiger partial charge in [-0.1, -0.05) is 17.9 Å². The molecule has 0 N–H and O–H groups in total. The Hall–Kier alpha value is -0.410. The second kappa shape index (κ2) is 4.41. The second-order valence-corrected chi connectivity index (χ2v) is 3.38. The van der Waals surface area contributed by atoms with E-state index >= 15 is 0 Å². The minimum atomic E-state index is 0.0939. The maximum Gasteiger partial charge on any atom is 0.0413 e. The first-order valence-corrected chi connectivity index (χ1v) is 3.83. The Labute approximate surface area is 68.3 Å². The lowest BCUT2D eigenvalue weighted by Crippen LogP contribution is -1.98. The van der Waals surface area contributed by atoms with Crippen LogP contribution in [-0.2, 0) is 0 Å². The zero-order valence-corrected chi connectivity index (χ0v) is 7.50. The van der Waals surface area contributed by atoms with Gasteiger partial charge in [0.15, 0.2) is 0 Å². The maximum absolute atomic E-state index is 5.40. The monoisotopic (exact) mass is 156 g/mol. The molecule has 0 spiro atoms. The van der Waals surface area contributed by atoms with Gasteiger partial charge in [0.2, 0.25) is 0 Å². The van der Waals surface area contributed by atoms with Crippen LogP contribution in [0.1, 0.15) is 20.8 Å². The minimum absolute atomic E-state index is 0.0939. The van der Waals surface area contributed by atoms with E-state index < -0.39 is 0 Å². The topological polar surface area (TPSA) is 0 Å². The van der Waals surface area contributed by atoms with Gasteiger partial charge in [0.05, 0.1) is 0 Å². The van der Waals surface area contributed by atoms with Crippen LogP contribution in [0.5, 0.6) is 0 Å². The van der Waals surface area contributed by atoms with Crippen molar-refractivity contribution in [2.24, 2.45) is 5.41 Å². The Bertz CT molecular complexity index is 161. The summed E-state index contributed by atoms with van der Waals surface area (Å²) in [4.78, 5) is 0. The molecule has 56 valence electrons. The molecule has 0 unspecified atom stereocenters. The van der Waals surface area contributed by atoms with Crippen molar-refractivity contribution < 1.29 is 0 Å². The highest BCUT2D eigenvalue weighted by Gasteiger charge is 2.01. The fourth-order valence-corrected chi connectivity index (χ4v) is 0.451. The second-order valence-electron chi connectivity index (χ2n) is 3.08. The fourth-order valence-electron chi connectivity index (χ4n) is 0.362. The summed E-state index contributed by atoms with van der Waals surface area (Å²) in [6, 6.07) is 0. The van der Waals surface area contributed by atoms with E-state index in [1.54, 1.807) is 6.08 Å². The number of alkyl halides is 1. The van der Waals surface area contributed by atoms with E-state index in [1.807, 2.05) is 6.08 Å². The molecule has 0 bridgehead atoms. The summed E-state index contributed by atoms with van der Waals surface area (Å²) in [7, 11) is 0. The molecule has 0 aromatic heterocycles. The lowest BCUT2D eigenvalue weighted by atomic mass is 9.98. The summed E-state index contributed by atoms with van der Waals surface area (Å²) >= 11 is 5.40. The van der Waals surface area contributed by atoms with Gasteiger partial charge in [0.25, 0.3) is 0 Å². The largest absolute Gasteiger partial charge is 0.122 e. The van der Waals surface area contributed by atoms with Gasteiger partial charge in [-0.3, -0.25) is 0 Å². The molecule has 0 heterocycles. The summed E-state index contributed by atoms with van der Waals surface area (Å²) in [6.07, 6.45) is 3.62. The average Bonchev–Trinajstić information content (AvgIpc) is 1.78. The Balaban J connectivity index is 3.81. The van der Waals surface area contributed by atoms with Crippen LogP contribution in [0.4, 0.5) is 0 Å². The van der Waals surface area contributed by atoms with Crippen molar-refractivity contribution in [1.29, 1.82) is 0 Å². The van der Waals surface area contributed by atoms with Crippen LogP contribution >= 0.6 is 11.6 Å². The Kier molecular flexibility index (Phi) is 4.23. The van der Waals surface area contributed by atoms with Gasteiger partial charge in [0, 0.05) is 11.3 Å². The third kappa shape index (κ3) is 7.59. The van der Waals surface area contributed by atoms with Crippen LogP contribution in [0.2, 0.25) is 0 Å². The SMILES string of the molecule is CC(C)(C)C#C/C=C\CCl. The van der Waals surface area contributed by atoms with Crippen molar-refractivity contribution >= 4 is 11.6 Å². The zero-order chi connectivity index (χ0) is 8.04. The molecule has 0 aliphatic carbocycles. The predicted octanol–water partition coefficient (Wildman–Crippen LogP) is 2.83. The molecule has 0 amide bonds. The van der Waals surface area contributed by atoms with Gasteiger partial charge < -0.3 is 0 Å². The fraction of sp³-hybridized carbons (Fsp3) is 0.556. The number of hydrogen-bond acceptors (Lipinski definition) is 0. The summed E-state index contributed by atoms with van der Waals surface area (Å²) in [5, 5.41) is 0. The number of hydrogen-bond donors (Lipinski definition) is 0. The lowest BCUT2D eigenvalue weighted by Gasteiger charge is -2.05. The third-order valence-electron chi connectivity index (χ3n) is 0.737. The van der Waals surface area contributed by atoms with E-state index in [2.05, 4.69) is 32.6 Å². The highest BCUT2D eigenvalue weighted by Crippen LogP contribution is 2.09. The van der Waals surface area contributed by atoms with Crippen molar-refractivity contribution in [3.63, 3.8) is 0 Å². The zero-order valence-electron chi connectivity index (χ0n) is 6.74. The molecule has 0 fully saturated rings. The smallest absolute Gasteiger partial charge is 0.0413 e. The van der Waals surface area contributed by atoms with Gasteiger partial charge >= 0.3 is 0 Å². The molecule has 1 heteroatoms. The predicted molar refractivity (Wildman–Crippen MR) is 47.1 cm³/mol. The first-order chi connectivity index (χ1) is 4.56. The van der Waals surface area contributed by atoms with E-state index in [0.29, 0.717) is 5.88 Å². The molecule has 0 nitrogen and oxygen atoms in total. The molecular formula is C9H13Cl. The quantitative estimate of drug-likeness (QED) is 0.405. The van der Waals surface area contributed by atoms with Crippen LogP contribution < -0.4 is 0 Å². The Morgan fingerprint density at radius 3 is 2.40 bits per heavy atom. The van der Waals surface area contributed by atoms with Gasteiger partial charge in [0.1, 0.15) is 0 Å². The average molecular weight is 157 g/mol. The summed E-state index contributed by atoms with van der Waals surface area (Å²) < 4.78 is 0. The normalized spacial score (nSPS) is 11.2. The highest BCUT2D eigenvalue weighted by molar-refractivity contribution is 6.18. The van der Waals surface area contributed by atoms with Crippen LogP contribution in [0.15, 0.2) is 12.2 Å². The first kappa shape index (κ1) is 9.59. The van der Waals surface area contributed by atoms with E-state index in [-0.39, 0.29) is 5.41 Å². The van der Waals surface area contributed by atoms with Crippen molar-refractivity contribution in [1.82, 2.24) is 0 Å². The third-order valence-corrected chi connectivity index (χ3v) is 0.916. The van der Waals surface area contributed by atoms with E-state index in [1.165, 1.54) is 0 Å². The van der Waals surface area contributed by atoms with Crippen molar-refractivity contribution in [3.8, 4) is 11.8 Å². The lowest BCUT2D eigenvalue weighted by molar-refractivity contribution is 0.571. The van der Waals surface area contributed by atoms with Gasteiger partial charge in [-0.15, -0.1) is 11.6 Å². The van der Waals surface area contributed by atoms with E-state index in [4.69, 9.17) is 11.6 Å². The molecule has 0 rings (SSSR count). The number of allylic oxidation sites excluding steroid dienone is 2. The highest BCUT2D eigenvalue weighted by atomic mass is 35.5. The van der Waals surface area contributed by atoms with Crippen LogP contribution in [-0.4, -0.2) is 5.88 Å².